The van der Waals surface area contributed by atoms with Gasteiger partial charge in [-0.05, 0) is 85.3 Å². The molecular formula is C29H35NO5. The second kappa shape index (κ2) is 12.4. The highest BCUT2D eigenvalue weighted by molar-refractivity contribution is 5.45. The van der Waals surface area contributed by atoms with E-state index < -0.39 is 0 Å². The first kappa shape index (κ1) is 24.7. The zero-order valence-electron chi connectivity index (χ0n) is 20.9. The van der Waals surface area contributed by atoms with Gasteiger partial charge in [-0.1, -0.05) is 24.3 Å². The first-order valence-corrected chi connectivity index (χ1v) is 12.1. The summed E-state index contributed by atoms with van der Waals surface area (Å²) in [6.07, 6.45) is 4.05. The minimum absolute atomic E-state index is 0.307. The molecule has 0 bridgehead atoms. The van der Waals surface area contributed by atoms with E-state index >= 15 is 0 Å². The van der Waals surface area contributed by atoms with Crippen LogP contribution in [0.5, 0.6) is 28.7 Å². The maximum atomic E-state index is 5.56. The molecule has 6 nitrogen and oxygen atoms in total. The summed E-state index contributed by atoms with van der Waals surface area (Å²) in [5.74, 6) is 4.11. The molecule has 0 saturated heterocycles. The Kier molecular flexibility index (Phi) is 8.74. The fraction of sp³-hybridized carbons (Fsp3) is 0.379. The average Bonchev–Trinajstić information content (AvgIpc) is 3.38. The molecule has 35 heavy (non-hydrogen) atoms. The molecule has 1 heterocycles. The predicted octanol–water partition coefficient (Wildman–Crippen LogP) is 5.16. The molecule has 0 spiro atoms. The van der Waals surface area contributed by atoms with Crippen LogP contribution in [0.3, 0.4) is 0 Å². The molecule has 0 amide bonds. The lowest BCUT2D eigenvalue weighted by Gasteiger charge is -2.23. The number of aryl methyl sites for hydroxylation is 1. The number of benzene rings is 3. The van der Waals surface area contributed by atoms with Gasteiger partial charge in [0.2, 0.25) is 6.79 Å². The Morgan fingerprint density at radius 2 is 1.29 bits per heavy atom. The minimum Gasteiger partial charge on any atom is -0.497 e. The third-order valence-electron chi connectivity index (χ3n) is 6.42. The predicted molar refractivity (Wildman–Crippen MR) is 137 cm³/mol. The van der Waals surface area contributed by atoms with E-state index in [-0.39, 0.29) is 0 Å². The maximum Gasteiger partial charge on any atom is 0.231 e. The minimum atomic E-state index is 0.307. The number of hydrogen-bond donors (Lipinski definition) is 0. The molecule has 0 N–H and O–H groups in total. The molecule has 186 valence electrons. The number of fused-ring (bicyclic) bond motifs is 1. The molecule has 0 atom stereocenters. The second-order valence-electron chi connectivity index (χ2n) is 8.67. The van der Waals surface area contributed by atoms with Gasteiger partial charge >= 0.3 is 0 Å². The summed E-state index contributed by atoms with van der Waals surface area (Å²) >= 11 is 0. The molecule has 0 unspecified atom stereocenters. The smallest absolute Gasteiger partial charge is 0.231 e. The van der Waals surface area contributed by atoms with Gasteiger partial charge in [0, 0.05) is 13.1 Å². The Balaban J connectivity index is 1.36. The van der Waals surface area contributed by atoms with E-state index in [0.29, 0.717) is 6.79 Å². The fourth-order valence-electron chi connectivity index (χ4n) is 4.34. The van der Waals surface area contributed by atoms with Crippen LogP contribution < -0.4 is 23.7 Å². The molecule has 4 rings (SSSR count). The van der Waals surface area contributed by atoms with Crippen molar-refractivity contribution in [2.75, 3.05) is 47.8 Å². The third-order valence-corrected chi connectivity index (χ3v) is 6.42. The van der Waals surface area contributed by atoms with E-state index in [4.69, 9.17) is 23.7 Å². The quantitative estimate of drug-likeness (QED) is 0.339. The number of ether oxygens (including phenoxy) is 5. The van der Waals surface area contributed by atoms with E-state index in [1.807, 2.05) is 24.3 Å². The van der Waals surface area contributed by atoms with E-state index in [2.05, 4.69) is 41.3 Å². The van der Waals surface area contributed by atoms with Crippen LogP contribution in [0.4, 0.5) is 0 Å². The molecular weight excluding hydrogens is 442 g/mol. The first-order valence-electron chi connectivity index (χ1n) is 12.1. The standard InChI is InChI=1S/C29H35NO5/c1-31-25-10-6-22(7-11-25)5-4-16-30(17-14-23-8-12-26(32-2)28(19-23)33-3)18-15-24-9-13-27-29(20-24)35-21-34-27/h6-13,19-20H,4-5,14-18,21H2,1-3H3. The summed E-state index contributed by atoms with van der Waals surface area (Å²) in [6.45, 7) is 3.30. The van der Waals surface area contributed by atoms with Crippen molar-refractivity contribution in [3.05, 3.63) is 77.4 Å². The molecule has 0 aromatic heterocycles. The average molecular weight is 478 g/mol. The lowest BCUT2D eigenvalue weighted by Crippen LogP contribution is -2.30. The highest BCUT2D eigenvalue weighted by Crippen LogP contribution is 2.32. The van der Waals surface area contributed by atoms with Gasteiger partial charge < -0.3 is 28.6 Å². The number of methoxy groups -OCH3 is 3. The number of nitrogens with zero attached hydrogens (tertiary/aromatic N) is 1. The summed E-state index contributed by atoms with van der Waals surface area (Å²) < 4.78 is 27.2. The lowest BCUT2D eigenvalue weighted by molar-refractivity contribution is 0.174. The van der Waals surface area contributed by atoms with Gasteiger partial charge in [-0.2, -0.15) is 0 Å². The highest BCUT2D eigenvalue weighted by Gasteiger charge is 2.14. The van der Waals surface area contributed by atoms with Crippen molar-refractivity contribution >= 4 is 0 Å². The van der Waals surface area contributed by atoms with E-state index in [1.165, 1.54) is 16.7 Å². The van der Waals surface area contributed by atoms with Crippen molar-refractivity contribution in [1.82, 2.24) is 4.90 Å². The summed E-state index contributed by atoms with van der Waals surface area (Å²) in [5.41, 5.74) is 3.84. The maximum absolute atomic E-state index is 5.56. The molecule has 0 radical (unpaired) electrons. The van der Waals surface area contributed by atoms with Crippen LogP contribution >= 0.6 is 0 Å². The van der Waals surface area contributed by atoms with Crippen molar-refractivity contribution in [2.45, 2.75) is 25.7 Å². The van der Waals surface area contributed by atoms with Crippen molar-refractivity contribution in [1.29, 1.82) is 0 Å². The summed E-state index contributed by atoms with van der Waals surface area (Å²) in [4.78, 5) is 2.55. The van der Waals surface area contributed by atoms with Crippen molar-refractivity contribution < 1.29 is 23.7 Å². The molecule has 0 aliphatic carbocycles. The summed E-state index contributed by atoms with van der Waals surface area (Å²) in [5, 5.41) is 0. The molecule has 1 aliphatic rings. The van der Waals surface area contributed by atoms with Gasteiger partial charge in [-0.25, -0.2) is 0 Å². The highest BCUT2D eigenvalue weighted by atomic mass is 16.7. The lowest BCUT2D eigenvalue weighted by atomic mass is 10.1. The van der Waals surface area contributed by atoms with Crippen LogP contribution in [0.2, 0.25) is 0 Å². The Morgan fingerprint density at radius 1 is 0.629 bits per heavy atom. The van der Waals surface area contributed by atoms with Crippen LogP contribution in [0.15, 0.2) is 60.7 Å². The van der Waals surface area contributed by atoms with E-state index in [9.17, 15) is 0 Å². The van der Waals surface area contributed by atoms with Gasteiger partial charge in [0.25, 0.3) is 0 Å². The molecule has 3 aromatic rings. The normalized spacial score (nSPS) is 12.1. The SMILES string of the molecule is COc1ccc(CCCN(CCc2ccc(OC)c(OC)c2)CCc2ccc3c(c2)OCO3)cc1. The largest absolute Gasteiger partial charge is 0.497 e. The Labute approximate surface area is 208 Å². The second-order valence-corrected chi connectivity index (χ2v) is 8.67. The number of hydrogen-bond acceptors (Lipinski definition) is 6. The van der Waals surface area contributed by atoms with E-state index in [1.54, 1.807) is 21.3 Å². The Morgan fingerprint density at radius 3 is 2.00 bits per heavy atom. The molecule has 1 aliphatic heterocycles. The Bertz CT molecular complexity index is 1080. The monoisotopic (exact) mass is 477 g/mol. The Hall–Kier alpha value is -3.38. The van der Waals surface area contributed by atoms with Crippen LogP contribution in [0.1, 0.15) is 23.1 Å². The summed E-state index contributed by atoms with van der Waals surface area (Å²) in [6, 6.07) is 20.8. The van der Waals surface area contributed by atoms with Gasteiger partial charge in [-0.3, -0.25) is 0 Å². The van der Waals surface area contributed by atoms with Crippen molar-refractivity contribution in [3.63, 3.8) is 0 Å². The molecule has 6 heteroatoms. The van der Waals surface area contributed by atoms with Crippen LogP contribution in [0, 0.1) is 0 Å². The molecule has 0 fully saturated rings. The van der Waals surface area contributed by atoms with Crippen LogP contribution in [0.25, 0.3) is 0 Å². The van der Waals surface area contributed by atoms with Crippen LogP contribution in [-0.4, -0.2) is 52.7 Å². The molecule has 0 saturated carbocycles. The third kappa shape index (κ3) is 6.83. The van der Waals surface area contributed by atoms with Gasteiger partial charge in [0.15, 0.2) is 23.0 Å². The van der Waals surface area contributed by atoms with Gasteiger partial charge in [0.05, 0.1) is 21.3 Å². The summed E-state index contributed by atoms with van der Waals surface area (Å²) in [7, 11) is 5.04. The van der Waals surface area contributed by atoms with E-state index in [0.717, 1.165) is 74.1 Å². The van der Waals surface area contributed by atoms with Gasteiger partial charge in [-0.15, -0.1) is 0 Å². The topological polar surface area (TPSA) is 49.4 Å². The fourth-order valence-corrected chi connectivity index (χ4v) is 4.34. The van der Waals surface area contributed by atoms with Crippen LogP contribution in [-0.2, 0) is 19.3 Å². The molecule has 3 aromatic carbocycles. The van der Waals surface area contributed by atoms with Gasteiger partial charge in [0.1, 0.15) is 5.75 Å². The van der Waals surface area contributed by atoms with Crippen molar-refractivity contribution in [3.8, 4) is 28.7 Å². The zero-order chi connectivity index (χ0) is 24.5. The number of rotatable bonds is 13. The first-order chi connectivity index (χ1) is 17.2. The van der Waals surface area contributed by atoms with Crippen molar-refractivity contribution in [2.24, 2.45) is 0 Å². The zero-order valence-corrected chi connectivity index (χ0v) is 20.9.